The number of nitrogens with two attached hydrogens (primary N) is 1. The van der Waals surface area contributed by atoms with Gasteiger partial charge in [-0.15, -0.1) is 0 Å². The number of nitrogens with one attached hydrogen (secondary N) is 1. The van der Waals surface area contributed by atoms with Crippen molar-refractivity contribution in [3.05, 3.63) is 0 Å². The van der Waals surface area contributed by atoms with E-state index in [-0.39, 0.29) is 26.1 Å². The number of rotatable bonds is 8. The predicted octanol–water partition coefficient (Wildman–Crippen LogP) is -1.61. The molecule has 0 fully saturated rings. The van der Waals surface area contributed by atoms with E-state index >= 15 is 0 Å². The first-order valence-corrected chi connectivity index (χ1v) is 6.69. The molecule has 0 unspecified atom stereocenters. The fourth-order valence-corrected chi connectivity index (χ4v) is 2.72. The second-order valence-electron chi connectivity index (χ2n) is 3.64. The molecule has 0 saturated carbocycles. The quantitative estimate of drug-likeness (QED) is 0.407. The smallest absolute Gasteiger partial charge is 0.209 e. The van der Waals surface area contributed by atoms with Crippen molar-refractivity contribution in [3.8, 4) is 0 Å². The zero-order valence-corrected chi connectivity index (χ0v) is 9.76. The molecule has 5 N–H and O–H groups in total. The van der Waals surface area contributed by atoms with Crippen LogP contribution in [0.3, 0.4) is 0 Å². The highest BCUT2D eigenvalue weighted by atomic mass is 32.2. The molecule has 6 nitrogen and oxygen atoms in total. The highest BCUT2D eigenvalue weighted by molar-refractivity contribution is 7.88. The maximum atomic E-state index is 11.2. The first kappa shape index (κ1) is 14.8. The largest absolute Gasteiger partial charge is 0.396 e. The van der Waals surface area contributed by atoms with Gasteiger partial charge in [-0.3, -0.25) is 0 Å². The van der Waals surface area contributed by atoms with Gasteiger partial charge in [0.15, 0.2) is 0 Å². The summed E-state index contributed by atoms with van der Waals surface area (Å²) in [7, 11) is -3.38. The van der Waals surface area contributed by atoms with Gasteiger partial charge in [0.1, 0.15) is 0 Å². The van der Waals surface area contributed by atoms with E-state index < -0.39 is 15.6 Å². The van der Waals surface area contributed by atoms with Crippen LogP contribution in [0.4, 0.5) is 0 Å². The zero-order valence-electron chi connectivity index (χ0n) is 8.94. The molecule has 0 heterocycles. The van der Waals surface area contributed by atoms with Gasteiger partial charge in [-0.25, -0.2) is 13.1 Å². The van der Waals surface area contributed by atoms with Crippen molar-refractivity contribution in [2.75, 3.05) is 26.0 Å². The molecular weight excluding hydrogens is 220 g/mol. The van der Waals surface area contributed by atoms with Crippen LogP contribution in [0.15, 0.2) is 0 Å². The Bertz CT molecular complexity index is 249. The molecule has 0 aliphatic heterocycles. The molecule has 0 aromatic heterocycles. The summed E-state index contributed by atoms with van der Waals surface area (Å²) in [6, 6.07) is 0. The van der Waals surface area contributed by atoms with E-state index in [0.29, 0.717) is 13.0 Å². The fourth-order valence-electron chi connectivity index (χ4n) is 1.63. The standard InChI is InChI=1S/C8H20N2O4S/c1-15(13,14)10-8(2-5-9,3-6-11)4-7-12/h10-12H,2-7,9H2,1H3. The molecule has 92 valence electrons. The summed E-state index contributed by atoms with van der Waals surface area (Å²) < 4.78 is 24.8. The average Bonchev–Trinajstić information content (AvgIpc) is 2.01. The van der Waals surface area contributed by atoms with Crippen molar-refractivity contribution >= 4 is 10.0 Å². The number of hydrogen-bond acceptors (Lipinski definition) is 5. The van der Waals surface area contributed by atoms with Gasteiger partial charge in [0, 0.05) is 18.8 Å². The average molecular weight is 240 g/mol. The topological polar surface area (TPSA) is 113 Å². The number of sulfonamides is 1. The lowest BCUT2D eigenvalue weighted by Gasteiger charge is -2.32. The molecular formula is C8H20N2O4S. The van der Waals surface area contributed by atoms with E-state index in [0.717, 1.165) is 6.26 Å². The molecule has 0 aliphatic rings. The Kier molecular flexibility index (Phi) is 6.30. The van der Waals surface area contributed by atoms with Crippen molar-refractivity contribution in [3.63, 3.8) is 0 Å². The fraction of sp³-hybridized carbons (Fsp3) is 1.00. The minimum Gasteiger partial charge on any atom is -0.396 e. The highest BCUT2D eigenvalue weighted by Crippen LogP contribution is 2.20. The first-order chi connectivity index (χ1) is 6.89. The van der Waals surface area contributed by atoms with Crippen LogP contribution >= 0.6 is 0 Å². The number of hydrogen-bond donors (Lipinski definition) is 4. The minimum absolute atomic E-state index is 0.150. The van der Waals surface area contributed by atoms with Gasteiger partial charge in [-0.05, 0) is 25.8 Å². The summed E-state index contributed by atoms with van der Waals surface area (Å²) in [5, 5.41) is 17.8. The third-order valence-electron chi connectivity index (χ3n) is 2.21. The third-order valence-corrected chi connectivity index (χ3v) is 3.01. The van der Waals surface area contributed by atoms with E-state index in [1.54, 1.807) is 0 Å². The van der Waals surface area contributed by atoms with Gasteiger partial charge < -0.3 is 15.9 Å². The highest BCUT2D eigenvalue weighted by Gasteiger charge is 2.31. The predicted molar refractivity (Wildman–Crippen MR) is 57.8 cm³/mol. The molecule has 0 spiro atoms. The van der Waals surface area contributed by atoms with Crippen LogP contribution in [-0.2, 0) is 10.0 Å². The minimum atomic E-state index is -3.38. The molecule has 0 amide bonds. The van der Waals surface area contributed by atoms with E-state index in [9.17, 15) is 8.42 Å². The maximum Gasteiger partial charge on any atom is 0.209 e. The van der Waals surface area contributed by atoms with E-state index in [1.807, 2.05) is 0 Å². The van der Waals surface area contributed by atoms with Crippen molar-refractivity contribution in [1.29, 1.82) is 0 Å². The van der Waals surface area contributed by atoms with Crippen molar-refractivity contribution in [2.24, 2.45) is 5.73 Å². The van der Waals surface area contributed by atoms with Crippen LogP contribution in [0.5, 0.6) is 0 Å². The molecule has 0 aromatic carbocycles. The molecule has 0 radical (unpaired) electrons. The molecule has 0 atom stereocenters. The Morgan fingerprint density at radius 3 is 1.93 bits per heavy atom. The van der Waals surface area contributed by atoms with Crippen LogP contribution in [0.1, 0.15) is 19.3 Å². The molecule has 0 aromatic rings. The summed E-state index contributed by atoms with van der Waals surface area (Å²) >= 11 is 0. The summed E-state index contributed by atoms with van der Waals surface area (Å²) in [5.74, 6) is 0. The molecule has 0 aliphatic carbocycles. The lowest BCUT2D eigenvalue weighted by Crippen LogP contribution is -2.50. The number of aliphatic hydroxyl groups is 2. The Hall–Kier alpha value is -0.210. The maximum absolute atomic E-state index is 11.2. The third kappa shape index (κ3) is 6.06. The van der Waals surface area contributed by atoms with Crippen LogP contribution in [0.2, 0.25) is 0 Å². The van der Waals surface area contributed by atoms with Crippen LogP contribution in [0.25, 0.3) is 0 Å². The van der Waals surface area contributed by atoms with Crippen LogP contribution < -0.4 is 10.5 Å². The Labute approximate surface area is 90.5 Å². The van der Waals surface area contributed by atoms with Gasteiger partial charge in [0.25, 0.3) is 0 Å². The van der Waals surface area contributed by atoms with Crippen molar-refractivity contribution < 1.29 is 18.6 Å². The van der Waals surface area contributed by atoms with E-state index in [1.165, 1.54) is 0 Å². The van der Waals surface area contributed by atoms with E-state index in [2.05, 4.69) is 4.72 Å². The summed E-state index contributed by atoms with van der Waals surface area (Å²) in [6.45, 7) is -0.00639. The lowest BCUT2D eigenvalue weighted by molar-refractivity contribution is 0.176. The van der Waals surface area contributed by atoms with Gasteiger partial charge in [0.05, 0.1) is 6.26 Å². The second kappa shape index (κ2) is 6.39. The Morgan fingerprint density at radius 1 is 1.20 bits per heavy atom. The Morgan fingerprint density at radius 2 is 1.67 bits per heavy atom. The summed E-state index contributed by atoms with van der Waals surface area (Å²) in [5.41, 5.74) is 4.57. The monoisotopic (exact) mass is 240 g/mol. The van der Waals surface area contributed by atoms with E-state index in [4.69, 9.17) is 15.9 Å². The Balaban J connectivity index is 4.75. The molecule has 15 heavy (non-hydrogen) atoms. The van der Waals surface area contributed by atoms with Gasteiger partial charge >= 0.3 is 0 Å². The van der Waals surface area contributed by atoms with Crippen LogP contribution in [-0.4, -0.2) is 50.2 Å². The van der Waals surface area contributed by atoms with Gasteiger partial charge in [-0.2, -0.15) is 0 Å². The van der Waals surface area contributed by atoms with Crippen LogP contribution in [0, 0.1) is 0 Å². The molecule has 0 saturated heterocycles. The number of aliphatic hydroxyl groups excluding tert-OH is 2. The normalized spacial score (nSPS) is 13.1. The zero-order chi connectivity index (χ0) is 11.9. The van der Waals surface area contributed by atoms with Gasteiger partial charge in [0.2, 0.25) is 10.0 Å². The SMILES string of the molecule is CS(=O)(=O)NC(CCN)(CCO)CCO. The molecule has 7 heteroatoms. The van der Waals surface area contributed by atoms with Crippen molar-refractivity contribution in [1.82, 2.24) is 4.72 Å². The second-order valence-corrected chi connectivity index (χ2v) is 5.39. The summed E-state index contributed by atoms with van der Waals surface area (Å²) in [6.07, 6.45) is 1.93. The first-order valence-electron chi connectivity index (χ1n) is 4.80. The molecule has 0 rings (SSSR count). The molecule has 0 bridgehead atoms. The lowest BCUT2D eigenvalue weighted by atomic mass is 9.89. The van der Waals surface area contributed by atoms with Gasteiger partial charge in [-0.1, -0.05) is 0 Å². The van der Waals surface area contributed by atoms with Crippen molar-refractivity contribution in [2.45, 2.75) is 24.8 Å². The summed E-state index contributed by atoms with van der Waals surface area (Å²) in [4.78, 5) is 0.